The number of hydrogen-bond donors (Lipinski definition) is 1. The highest BCUT2D eigenvalue weighted by Gasteiger charge is 2.06. The van der Waals surface area contributed by atoms with E-state index < -0.39 is 0 Å². The second-order valence-electron chi connectivity index (χ2n) is 2.83. The maximum Gasteiger partial charge on any atom is 0.00720 e. The van der Waals surface area contributed by atoms with Crippen LogP contribution in [-0.4, -0.2) is 42.3 Å². The summed E-state index contributed by atoms with van der Waals surface area (Å²) < 4.78 is 0. The van der Waals surface area contributed by atoms with E-state index in [2.05, 4.69) is 37.8 Å². The van der Waals surface area contributed by atoms with Crippen molar-refractivity contribution in [3.8, 4) is 0 Å². The van der Waals surface area contributed by atoms with Gasteiger partial charge in [0.05, 0.1) is 0 Å². The molecule has 68 valence electrons. The first-order chi connectivity index (χ1) is 5.22. The first kappa shape index (κ1) is 11.7. The van der Waals surface area contributed by atoms with Crippen LogP contribution < -0.4 is 0 Å². The van der Waals surface area contributed by atoms with Crippen molar-refractivity contribution in [1.29, 1.82) is 0 Å². The molecule has 0 aromatic carbocycles. The molecule has 0 saturated heterocycles. The van der Waals surface area contributed by atoms with Gasteiger partial charge in [0.25, 0.3) is 0 Å². The Morgan fingerprint density at radius 2 is 2.18 bits per heavy atom. The van der Waals surface area contributed by atoms with Gasteiger partial charge in [-0.1, -0.05) is 0 Å². The fraction of sp³-hybridized carbons (Fsp3) is 1.00. The molecule has 0 aromatic heterocycles. The molecule has 1 nitrogen and oxygen atoms in total. The number of hydrogen-bond acceptors (Lipinski definition) is 3. The topological polar surface area (TPSA) is 3.24 Å². The molecule has 0 heterocycles. The Bertz CT molecular complexity index is 88.2. The van der Waals surface area contributed by atoms with E-state index in [1.165, 1.54) is 12.2 Å². The van der Waals surface area contributed by atoms with E-state index >= 15 is 0 Å². The largest absolute Gasteiger partial charge is 0.303 e. The normalized spacial score (nSPS) is 13.9. The summed E-state index contributed by atoms with van der Waals surface area (Å²) in [5.41, 5.74) is 0. The van der Waals surface area contributed by atoms with Gasteiger partial charge in [-0.05, 0) is 32.4 Å². The van der Waals surface area contributed by atoms with Crippen molar-refractivity contribution < 1.29 is 0 Å². The highest BCUT2D eigenvalue weighted by atomic mass is 32.2. The van der Waals surface area contributed by atoms with Crippen LogP contribution in [0, 0.1) is 0 Å². The molecule has 1 atom stereocenters. The number of thiol groups is 1. The fourth-order valence-electron chi connectivity index (χ4n) is 0.887. The van der Waals surface area contributed by atoms with Crippen LogP contribution in [0.2, 0.25) is 0 Å². The minimum atomic E-state index is 0.703. The predicted molar refractivity (Wildman–Crippen MR) is 58.9 cm³/mol. The molecule has 11 heavy (non-hydrogen) atoms. The molecular weight excluding hydrogens is 174 g/mol. The van der Waals surface area contributed by atoms with Crippen LogP contribution in [-0.2, 0) is 0 Å². The van der Waals surface area contributed by atoms with Crippen LogP contribution in [0.5, 0.6) is 0 Å². The van der Waals surface area contributed by atoms with Crippen LogP contribution in [0.3, 0.4) is 0 Å². The Hall–Kier alpha value is 0.660. The van der Waals surface area contributed by atoms with Crippen molar-refractivity contribution in [3.63, 3.8) is 0 Å². The maximum absolute atomic E-state index is 4.20. The van der Waals surface area contributed by atoms with E-state index in [0.717, 1.165) is 12.3 Å². The summed E-state index contributed by atoms with van der Waals surface area (Å²) in [6.07, 6.45) is 3.44. The summed E-state index contributed by atoms with van der Waals surface area (Å²) in [5.74, 6) is 2.22. The van der Waals surface area contributed by atoms with Crippen LogP contribution in [0.4, 0.5) is 0 Å². The molecular formula is C8H19NS2. The van der Waals surface area contributed by atoms with E-state index in [4.69, 9.17) is 0 Å². The van der Waals surface area contributed by atoms with Crippen LogP contribution in [0.15, 0.2) is 0 Å². The smallest absolute Gasteiger partial charge is 0.00720 e. The van der Waals surface area contributed by atoms with Gasteiger partial charge >= 0.3 is 0 Å². The standard InChI is InChI=1S/C8H19NS2/c1-8(4-7-11-3)9(2)5-6-10/h8,10H,4-7H2,1-3H3. The summed E-state index contributed by atoms with van der Waals surface area (Å²) in [7, 11) is 2.17. The Balaban J connectivity index is 3.38. The molecule has 0 fully saturated rings. The molecule has 0 rings (SSSR count). The lowest BCUT2D eigenvalue weighted by atomic mass is 10.2. The zero-order chi connectivity index (χ0) is 8.69. The summed E-state index contributed by atoms with van der Waals surface area (Å²) in [6.45, 7) is 3.37. The van der Waals surface area contributed by atoms with Gasteiger partial charge < -0.3 is 4.90 Å². The van der Waals surface area contributed by atoms with Crippen molar-refractivity contribution in [3.05, 3.63) is 0 Å². The molecule has 0 bridgehead atoms. The predicted octanol–water partition coefficient (Wildman–Crippen LogP) is 1.99. The second-order valence-corrected chi connectivity index (χ2v) is 4.27. The van der Waals surface area contributed by atoms with Gasteiger partial charge in [0, 0.05) is 18.3 Å². The van der Waals surface area contributed by atoms with Crippen molar-refractivity contribution >= 4 is 24.4 Å². The Labute approximate surface area is 80.3 Å². The van der Waals surface area contributed by atoms with Crippen molar-refractivity contribution in [2.45, 2.75) is 19.4 Å². The quantitative estimate of drug-likeness (QED) is 0.643. The number of rotatable bonds is 6. The zero-order valence-electron chi connectivity index (χ0n) is 7.71. The minimum absolute atomic E-state index is 0.703. The SMILES string of the molecule is CSCCC(C)N(C)CCS. The van der Waals surface area contributed by atoms with E-state index in [-0.39, 0.29) is 0 Å². The van der Waals surface area contributed by atoms with Crippen molar-refractivity contribution in [2.75, 3.05) is 31.4 Å². The highest BCUT2D eigenvalue weighted by molar-refractivity contribution is 7.98. The van der Waals surface area contributed by atoms with E-state index in [9.17, 15) is 0 Å². The van der Waals surface area contributed by atoms with E-state index in [0.29, 0.717) is 6.04 Å². The average molecular weight is 193 g/mol. The third-order valence-corrected chi connectivity index (χ3v) is 2.79. The maximum atomic E-state index is 4.20. The van der Waals surface area contributed by atoms with E-state index in [1.807, 2.05) is 11.8 Å². The summed E-state index contributed by atoms with van der Waals surface area (Å²) in [5, 5.41) is 0. The lowest BCUT2D eigenvalue weighted by Crippen LogP contribution is -2.31. The molecule has 0 aliphatic carbocycles. The van der Waals surface area contributed by atoms with Gasteiger partial charge in [0.2, 0.25) is 0 Å². The monoisotopic (exact) mass is 193 g/mol. The van der Waals surface area contributed by atoms with Crippen molar-refractivity contribution in [1.82, 2.24) is 4.90 Å². The van der Waals surface area contributed by atoms with Crippen LogP contribution >= 0.6 is 24.4 Å². The summed E-state index contributed by atoms with van der Waals surface area (Å²) in [4.78, 5) is 2.36. The third-order valence-electron chi connectivity index (χ3n) is 1.94. The molecule has 0 amide bonds. The lowest BCUT2D eigenvalue weighted by Gasteiger charge is -2.23. The molecule has 0 N–H and O–H groups in total. The molecule has 0 saturated carbocycles. The van der Waals surface area contributed by atoms with Crippen LogP contribution in [0.25, 0.3) is 0 Å². The lowest BCUT2D eigenvalue weighted by molar-refractivity contribution is 0.269. The van der Waals surface area contributed by atoms with E-state index in [1.54, 1.807) is 0 Å². The number of thioether (sulfide) groups is 1. The van der Waals surface area contributed by atoms with Gasteiger partial charge in [-0.15, -0.1) is 0 Å². The van der Waals surface area contributed by atoms with Gasteiger partial charge in [-0.2, -0.15) is 24.4 Å². The van der Waals surface area contributed by atoms with Crippen LogP contribution in [0.1, 0.15) is 13.3 Å². The minimum Gasteiger partial charge on any atom is -0.303 e. The molecule has 0 aliphatic heterocycles. The fourth-order valence-corrected chi connectivity index (χ4v) is 1.78. The molecule has 0 aliphatic rings. The Kier molecular flexibility index (Phi) is 7.76. The summed E-state index contributed by atoms with van der Waals surface area (Å²) >= 11 is 6.12. The van der Waals surface area contributed by atoms with Crippen molar-refractivity contribution in [2.24, 2.45) is 0 Å². The Morgan fingerprint density at radius 3 is 2.64 bits per heavy atom. The van der Waals surface area contributed by atoms with Gasteiger partial charge in [-0.3, -0.25) is 0 Å². The highest BCUT2D eigenvalue weighted by Crippen LogP contribution is 2.05. The number of nitrogens with zero attached hydrogens (tertiary/aromatic N) is 1. The zero-order valence-corrected chi connectivity index (χ0v) is 9.42. The van der Waals surface area contributed by atoms with Gasteiger partial charge in [0.1, 0.15) is 0 Å². The first-order valence-corrected chi connectivity index (χ1v) is 6.05. The molecule has 3 heteroatoms. The Morgan fingerprint density at radius 1 is 1.55 bits per heavy atom. The van der Waals surface area contributed by atoms with Gasteiger partial charge in [-0.25, -0.2) is 0 Å². The first-order valence-electron chi connectivity index (χ1n) is 4.02. The molecule has 0 aromatic rings. The third kappa shape index (κ3) is 5.88. The molecule has 0 radical (unpaired) electrons. The second kappa shape index (κ2) is 7.32. The average Bonchev–Trinajstić information content (AvgIpc) is 2.00. The molecule has 0 spiro atoms. The molecule has 1 unspecified atom stereocenters. The van der Waals surface area contributed by atoms with Gasteiger partial charge in [0.15, 0.2) is 0 Å². The summed E-state index contributed by atoms with van der Waals surface area (Å²) in [6, 6.07) is 0.703.